The van der Waals surface area contributed by atoms with Crippen LogP contribution in [0, 0.1) is 6.92 Å². The highest BCUT2D eigenvalue weighted by molar-refractivity contribution is 5.50. The maximum absolute atomic E-state index is 5.46. The number of nitrogens with one attached hydrogen (secondary N) is 1. The topological polar surface area (TPSA) is 33.7 Å². The normalized spacial score (nSPS) is 19.6. The minimum absolute atomic E-state index is 0.354. The van der Waals surface area contributed by atoms with Crippen LogP contribution < -0.4 is 14.8 Å². The summed E-state index contributed by atoms with van der Waals surface area (Å²) >= 11 is 0. The van der Waals surface area contributed by atoms with Crippen LogP contribution in [0.15, 0.2) is 12.1 Å². The fraction of sp³-hybridized carbons (Fsp3) is 0.538. The number of fused-ring (bicyclic) bond motifs is 1. The first kappa shape index (κ1) is 10.9. The Labute approximate surface area is 102 Å². The molecule has 0 bridgehead atoms. The minimum Gasteiger partial charge on any atom is -0.454 e. The van der Waals surface area contributed by atoms with Crippen LogP contribution in [-0.4, -0.2) is 37.9 Å². The van der Waals surface area contributed by atoms with E-state index in [9.17, 15) is 0 Å². The first-order chi connectivity index (χ1) is 8.33. The second-order valence-corrected chi connectivity index (χ2v) is 4.67. The largest absolute Gasteiger partial charge is 0.454 e. The Morgan fingerprint density at radius 3 is 2.88 bits per heavy atom. The highest BCUT2D eigenvalue weighted by Crippen LogP contribution is 2.36. The van der Waals surface area contributed by atoms with E-state index in [0.717, 1.165) is 44.2 Å². The molecular weight excluding hydrogens is 216 g/mol. The first-order valence-corrected chi connectivity index (χ1v) is 6.15. The Hall–Kier alpha value is -1.26. The van der Waals surface area contributed by atoms with Gasteiger partial charge in [0.15, 0.2) is 11.5 Å². The fourth-order valence-corrected chi connectivity index (χ4v) is 2.48. The molecule has 1 fully saturated rings. The number of rotatable bonds is 2. The summed E-state index contributed by atoms with van der Waals surface area (Å²) in [6.07, 6.45) is 0. The molecule has 17 heavy (non-hydrogen) atoms. The van der Waals surface area contributed by atoms with Gasteiger partial charge in [0.1, 0.15) is 0 Å². The van der Waals surface area contributed by atoms with E-state index >= 15 is 0 Å². The molecular formula is C13H18N2O2. The maximum Gasteiger partial charge on any atom is 0.231 e. The van der Waals surface area contributed by atoms with Crippen molar-refractivity contribution in [2.45, 2.75) is 13.5 Å². The fourth-order valence-electron chi connectivity index (χ4n) is 2.48. The van der Waals surface area contributed by atoms with E-state index < -0.39 is 0 Å². The van der Waals surface area contributed by atoms with E-state index in [1.165, 1.54) is 11.1 Å². The zero-order valence-corrected chi connectivity index (χ0v) is 10.2. The van der Waals surface area contributed by atoms with E-state index in [0.29, 0.717) is 6.79 Å². The predicted molar refractivity (Wildman–Crippen MR) is 65.4 cm³/mol. The molecule has 0 unspecified atom stereocenters. The number of hydrogen-bond donors (Lipinski definition) is 1. The summed E-state index contributed by atoms with van der Waals surface area (Å²) in [6, 6.07) is 4.31. The van der Waals surface area contributed by atoms with Crippen LogP contribution in [0.1, 0.15) is 11.1 Å². The van der Waals surface area contributed by atoms with E-state index in [4.69, 9.17) is 9.47 Å². The van der Waals surface area contributed by atoms with Gasteiger partial charge in [0.05, 0.1) is 0 Å². The molecule has 0 radical (unpaired) electrons. The molecule has 0 amide bonds. The molecule has 3 rings (SSSR count). The summed E-state index contributed by atoms with van der Waals surface area (Å²) in [7, 11) is 0. The van der Waals surface area contributed by atoms with Crippen LogP contribution in [0.5, 0.6) is 11.5 Å². The molecule has 92 valence electrons. The zero-order valence-electron chi connectivity index (χ0n) is 10.2. The molecule has 0 aromatic heterocycles. The predicted octanol–water partition coefficient (Wildman–Crippen LogP) is 1.13. The van der Waals surface area contributed by atoms with E-state index in [1.54, 1.807) is 0 Å². The van der Waals surface area contributed by atoms with Crippen LogP contribution in [-0.2, 0) is 6.54 Å². The van der Waals surface area contributed by atoms with E-state index in [2.05, 4.69) is 29.3 Å². The van der Waals surface area contributed by atoms with Gasteiger partial charge in [0, 0.05) is 32.7 Å². The summed E-state index contributed by atoms with van der Waals surface area (Å²) in [5, 5.41) is 3.37. The smallest absolute Gasteiger partial charge is 0.231 e. The molecule has 0 saturated carbocycles. The van der Waals surface area contributed by atoms with E-state index in [-0.39, 0.29) is 0 Å². The lowest BCUT2D eigenvalue weighted by Gasteiger charge is -2.27. The quantitative estimate of drug-likeness (QED) is 0.831. The monoisotopic (exact) mass is 234 g/mol. The number of hydrogen-bond acceptors (Lipinski definition) is 4. The molecule has 1 aromatic carbocycles. The molecule has 4 heteroatoms. The van der Waals surface area contributed by atoms with Gasteiger partial charge in [-0.25, -0.2) is 0 Å². The SMILES string of the molecule is Cc1cc(CN2CCNCC2)cc2c1OCO2. The maximum atomic E-state index is 5.46. The number of aryl methyl sites for hydroxylation is 1. The Morgan fingerprint density at radius 1 is 1.24 bits per heavy atom. The molecule has 0 aliphatic carbocycles. The highest BCUT2D eigenvalue weighted by atomic mass is 16.7. The van der Waals surface area contributed by atoms with Crippen molar-refractivity contribution >= 4 is 0 Å². The third-order valence-corrected chi connectivity index (χ3v) is 3.33. The first-order valence-electron chi connectivity index (χ1n) is 6.15. The van der Waals surface area contributed by atoms with Gasteiger partial charge in [0.2, 0.25) is 6.79 Å². The van der Waals surface area contributed by atoms with Gasteiger partial charge in [-0.2, -0.15) is 0 Å². The molecule has 2 aliphatic heterocycles. The number of ether oxygens (including phenoxy) is 2. The van der Waals surface area contributed by atoms with Gasteiger partial charge >= 0.3 is 0 Å². The average Bonchev–Trinajstić information content (AvgIpc) is 2.79. The van der Waals surface area contributed by atoms with Crippen molar-refractivity contribution in [3.63, 3.8) is 0 Å². The number of benzene rings is 1. The van der Waals surface area contributed by atoms with Crippen LogP contribution in [0.25, 0.3) is 0 Å². The van der Waals surface area contributed by atoms with Gasteiger partial charge in [-0.3, -0.25) is 4.90 Å². The van der Waals surface area contributed by atoms with Crippen molar-refractivity contribution in [2.24, 2.45) is 0 Å². The average molecular weight is 234 g/mol. The summed E-state index contributed by atoms with van der Waals surface area (Å²) in [5.74, 6) is 1.81. The number of piperazine rings is 1. The van der Waals surface area contributed by atoms with Gasteiger partial charge in [-0.15, -0.1) is 0 Å². The Kier molecular flexibility index (Phi) is 2.91. The second-order valence-electron chi connectivity index (χ2n) is 4.67. The van der Waals surface area contributed by atoms with Crippen molar-refractivity contribution in [2.75, 3.05) is 33.0 Å². The van der Waals surface area contributed by atoms with Crippen LogP contribution in [0.2, 0.25) is 0 Å². The molecule has 1 aromatic rings. The summed E-state index contributed by atoms with van der Waals surface area (Å²) in [4.78, 5) is 2.47. The third-order valence-electron chi connectivity index (χ3n) is 3.33. The van der Waals surface area contributed by atoms with Gasteiger partial charge in [0.25, 0.3) is 0 Å². The van der Waals surface area contributed by atoms with Crippen molar-refractivity contribution in [3.8, 4) is 11.5 Å². The van der Waals surface area contributed by atoms with Crippen molar-refractivity contribution in [1.29, 1.82) is 0 Å². The lowest BCUT2D eigenvalue weighted by Crippen LogP contribution is -2.42. The Bertz CT molecular complexity index is 414. The minimum atomic E-state index is 0.354. The lowest BCUT2D eigenvalue weighted by molar-refractivity contribution is 0.173. The second kappa shape index (κ2) is 4.55. The molecule has 4 nitrogen and oxygen atoms in total. The summed E-state index contributed by atoms with van der Waals surface area (Å²) in [6.45, 7) is 7.84. The molecule has 1 saturated heterocycles. The van der Waals surface area contributed by atoms with Crippen LogP contribution in [0.4, 0.5) is 0 Å². The van der Waals surface area contributed by atoms with Crippen LogP contribution >= 0.6 is 0 Å². The Balaban J connectivity index is 1.76. The molecule has 2 aliphatic rings. The van der Waals surface area contributed by atoms with Crippen LogP contribution in [0.3, 0.4) is 0 Å². The molecule has 0 spiro atoms. The summed E-state index contributed by atoms with van der Waals surface area (Å²) < 4.78 is 10.9. The molecule has 2 heterocycles. The van der Waals surface area contributed by atoms with Gasteiger partial charge < -0.3 is 14.8 Å². The van der Waals surface area contributed by atoms with Gasteiger partial charge in [-0.05, 0) is 24.1 Å². The standard InChI is InChI=1S/C13H18N2O2/c1-10-6-11(7-12-13(10)17-9-16-12)8-15-4-2-14-3-5-15/h6-7,14H,2-5,8-9H2,1H3. The third kappa shape index (κ3) is 2.23. The van der Waals surface area contributed by atoms with E-state index in [1.807, 2.05) is 0 Å². The number of nitrogens with zero attached hydrogens (tertiary/aromatic N) is 1. The van der Waals surface area contributed by atoms with Crippen molar-refractivity contribution < 1.29 is 9.47 Å². The zero-order chi connectivity index (χ0) is 11.7. The Morgan fingerprint density at radius 2 is 2.06 bits per heavy atom. The lowest BCUT2D eigenvalue weighted by atomic mass is 10.1. The van der Waals surface area contributed by atoms with Crippen molar-refractivity contribution in [1.82, 2.24) is 10.2 Å². The molecule has 1 N–H and O–H groups in total. The van der Waals surface area contributed by atoms with Crippen molar-refractivity contribution in [3.05, 3.63) is 23.3 Å². The molecule has 0 atom stereocenters. The van der Waals surface area contributed by atoms with Gasteiger partial charge in [-0.1, -0.05) is 6.07 Å². The highest BCUT2D eigenvalue weighted by Gasteiger charge is 2.18. The summed E-state index contributed by atoms with van der Waals surface area (Å²) in [5.41, 5.74) is 2.48.